The van der Waals surface area contributed by atoms with Crippen molar-refractivity contribution >= 4 is 41.0 Å². The minimum atomic E-state index is 0.549. The van der Waals surface area contributed by atoms with Gasteiger partial charge in [0, 0.05) is 37.7 Å². The summed E-state index contributed by atoms with van der Waals surface area (Å²) in [6.07, 6.45) is 1.83. The van der Waals surface area contributed by atoms with Gasteiger partial charge in [-0.25, -0.2) is 0 Å². The van der Waals surface area contributed by atoms with Crippen molar-refractivity contribution in [1.82, 2.24) is 9.91 Å². The number of halogens is 3. The van der Waals surface area contributed by atoms with Crippen molar-refractivity contribution in [3.8, 4) is 0 Å². The highest BCUT2D eigenvalue weighted by molar-refractivity contribution is 6.42. The average Bonchev–Trinajstić information content (AvgIpc) is 2.59. The van der Waals surface area contributed by atoms with Crippen LogP contribution >= 0.6 is 34.8 Å². The van der Waals surface area contributed by atoms with Gasteiger partial charge in [0.05, 0.1) is 16.3 Å². The molecule has 0 aromatic heterocycles. The van der Waals surface area contributed by atoms with E-state index in [1.165, 1.54) is 5.56 Å². The lowest BCUT2D eigenvalue weighted by atomic mass is 10.2. The van der Waals surface area contributed by atoms with Gasteiger partial charge in [0.15, 0.2) is 0 Å². The number of nitrogens with zero attached hydrogens (tertiary/aromatic N) is 3. The van der Waals surface area contributed by atoms with Crippen LogP contribution in [0.3, 0.4) is 0 Å². The van der Waals surface area contributed by atoms with Crippen molar-refractivity contribution in [3.63, 3.8) is 0 Å². The fourth-order valence-electron chi connectivity index (χ4n) is 2.60. The number of hydrazone groups is 1. The molecule has 0 spiro atoms. The third-order valence-corrected chi connectivity index (χ3v) is 4.97. The summed E-state index contributed by atoms with van der Waals surface area (Å²) in [5.41, 5.74) is 2.24. The van der Waals surface area contributed by atoms with Crippen LogP contribution < -0.4 is 0 Å². The van der Waals surface area contributed by atoms with Crippen molar-refractivity contribution in [1.29, 1.82) is 0 Å². The minimum Gasteiger partial charge on any atom is -0.295 e. The Labute approximate surface area is 157 Å². The largest absolute Gasteiger partial charge is 0.295 e. The Bertz CT molecular complexity index is 708. The van der Waals surface area contributed by atoms with Crippen LogP contribution in [-0.2, 0) is 6.54 Å². The minimum absolute atomic E-state index is 0.549. The Kier molecular flexibility index (Phi) is 6.01. The van der Waals surface area contributed by atoms with Gasteiger partial charge in [0.25, 0.3) is 0 Å². The number of benzene rings is 2. The zero-order valence-electron chi connectivity index (χ0n) is 13.1. The molecule has 1 fully saturated rings. The smallest absolute Gasteiger partial charge is 0.0598 e. The Morgan fingerprint density at radius 2 is 1.58 bits per heavy atom. The molecular weight excluding hydrogens is 365 g/mol. The molecule has 0 amide bonds. The fourth-order valence-corrected chi connectivity index (χ4v) is 3.03. The van der Waals surface area contributed by atoms with E-state index in [4.69, 9.17) is 34.8 Å². The van der Waals surface area contributed by atoms with Crippen molar-refractivity contribution in [2.45, 2.75) is 6.54 Å². The quantitative estimate of drug-likeness (QED) is 0.707. The molecule has 1 heterocycles. The van der Waals surface area contributed by atoms with E-state index in [9.17, 15) is 0 Å². The molecule has 1 saturated heterocycles. The van der Waals surface area contributed by atoms with Crippen LogP contribution in [-0.4, -0.2) is 42.3 Å². The Balaban J connectivity index is 1.50. The lowest BCUT2D eigenvalue weighted by Crippen LogP contribution is -2.43. The van der Waals surface area contributed by atoms with Crippen molar-refractivity contribution in [3.05, 3.63) is 68.7 Å². The van der Waals surface area contributed by atoms with Gasteiger partial charge in [-0.15, -0.1) is 0 Å². The van der Waals surface area contributed by atoms with Crippen LogP contribution in [0.1, 0.15) is 11.1 Å². The summed E-state index contributed by atoms with van der Waals surface area (Å²) in [4.78, 5) is 2.43. The third-order valence-electron chi connectivity index (χ3n) is 3.98. The van der Waals surface area contributed by atoms with Gasteiger partial charge in [-0.3, -0.25) is 9.91 Å². The first-order valence-electron chi connectivity index (χ1n) is 7.81. The second-order valence-corrected chi connectivity index (χ2v) is 7.03. The predicted octanol–water partition coefficient (Wildman–Crippen LogP) is 4.80. The molecule has 3 nitrogen and oxygen atoms in total. The van der Waals surface area contributed by atoms with Crippen LogP contribution in [0.2, 0.25) is 15.1 Å². The molecule has 2 aromatic carbocycles. The molecule has 126 valence electrons. The highest BCUT2D eigenvalue weighted by Gasteiger charge is 2.15. The van der Waals surface area contributed by atoms with E-state index in [1.54, 1.807) is 6.07 Å². The molecule has 0 unspecified atom stereocenters. The highest BCUT2D eigenvalue weighted by atomic mass is 35.5. The van der Waals surface area contributed by atoms with Gasteiger partial charge >= 0.3 is 0 Å². The van der Waals surface area contributed by atoms with Crippen molar-refractivity contribution in [2.75, 3.05) is 26.2 Å². The van der Waals surface area contributed by atoms with Crippen LogP contribution in [0, 0.1) is 0 Å². The van der Waals surface area contributed by atoms with Crippen LogP contribution in [0.15, 0.2) is 47.6 Å². The van der Waals surface area contributed by atoms with Gasteiger partial charge in [-0.2, -0.15) is 5.10 Å². The summed E-state index contributed by atoms with van der Waals surface area (Å²) in [5.74, 6) is 0. The molecule has 0 atom stereocenters. The number of hydrogen-bond donors (Lipinski definition) is 0. The zero-order valence-corrected chi connectivity index (χ0v) is 15.4. The molecular formula is C18H18Cl3N3. The standard InChI is InChI=1S/C18H18Cl3N3/c19-16-4-1-14(2-5-16)13-23-7-9-24(10-8-23)22-12-15-3-6-17(20)18(21)11-15/h1-6,11-12H,7-10,13H2. The summed E-state index contributed by atoms with van der Waals surface area (Å²) in [6.45, 7) is 4.74. The monoisotopic (exact) mass is 381 g/mol. The maximum atomic E-state index is 6.02. The average molecular weight is 383 g/mol. The Hall–Kier alpha value is -1.26. The molecule has 3 rings (SSSR count). The highest BCUT2D eigenvalue weighted by Crippen LogP contribution is 2.22. The van der Waals surface area contributed by atoms with E-state index in [0.717, 1.165) is 43.3 Å². The van der Waals surface area contributed by atoms with Gasteiger partial charge in [0.1, 0.15) is 0 Å². The second-order valence-electron chi connectivity index (χ2n) is 5.77. The number of rotatable bonds is 4. The normalized spacial score (nSPS) is 16.0. The second kappa shape index (κ2) is 8.21. The van der Waals surface area contributed by atoms with E-state index in [1.807, 2.05) is 30.5 Å². The molecule has 1 aliphatic heterocycles. The Morgan fingerprint density at radius 1 is 0.875 bits per heavy atom. The summed E-state index contributed by atoms with van der Waals surface area (Å²) in [5, 5.41) is 8.51. The van der Waals surface area contributed by atoms with E-state index < -0.39 is 0 Å². The lowest BCUT2D eigenvalue weighted by Gasteiger charge is -2.33. The third kappa shape index (κ3) is 4.87. The summed E-state index contributed by atoms with van der Waals surface area (Å²) < 4.78 is 0. The molecule has 0 N–H and O–H groups in total. The van der Waals surface area contributed by atoms with Gasteiger partial charge < -0.3 is 0 Å². The van der Waals surface area contributed by atoms with Gasteiger partial charge in [-0.05, 0) is 35.4 Å². The lowest BCUT2D eigenvalue weighted by molar-refractivity contribution is 0.131. The number of piperazine rings is 1. The van der Waals surface area contributed by atoms with Crippen LogP contribution in [0.5, 0.6) is 0 Å². The molecule has 24 heavy (non-hydrogen) atoms. The molecule has 0 radical (unpaired) electrons. The Morgan fingerprint density at radius 3 is 2.25 bits per heavy atom. The van der Waals surface area contributed by atoms with E-state index in [0.29, 0.717) is 10.0 Å². The maximum absolute atomic E-state index is 6.02. The maximum Gasteiger partial charge on any atom is 0.0598 e. The van der Waals surface area contributed by atoms with E-state index in [-0.39, 0.29) is 0 Å². The molecule has 6 heteroatoms. The van der Waals surface area contributed by atoms with Crippen molar-refractivity contribution in [2.24, 2.45) is 5.10 Å². The molecule has 1 aliphatic rings. The van der Waals surface area contributed by atoms with Gasteiger partial charge in [-0.1, -0.05) is 53.0 Å². The van der Waals surface area contributed by atoms with E-state index in [2.05, 4.69) is 27.1 Å². The summed E-state index contributed by atoms with van der Waals surface area (Å²) in [6, 6.07) is 13.6. The SMILES string of the molecule is Clc1ccc(CN2CCN(N=Cc3ccc(Cl)c(Cl)c3)CC2)cc1. The van der Waals surface area contributed by atoms with Gasteiger partial charge in [0.2, 0.25) is 0 Å². The topological polar surface area (TPSA) is 18.8 Å². The summed E-state index contributed by atoms with van der Waals surface area (Å²) in [7, 11) is 0. The van der Waals surface area contributed by atoms with Crippen LogP contribution in [0.4, 0.5) is 0 Å². The summed E-state index contributed by atoms with van der Waals surface area (Å²) >= 11 is 17.9. The number of hydrogen-bond acceptors (Lipinski definition) is 3. The molecule has 0 aliphatic carbocycles. The predicted molar refractivity (Wildman–Crippen MR) is 102 cm³/mol. The zero-order chi connectivity index (χ0) is 16.9. The first kappa shape index (κ1) is 17.6. The van der Waals surface area contributed by atoms with Crippen LogP contribution in [0.25, 0.3) is 0 Å². The molecule has 2 aromatic rings. The first-order chi connectivity index (χ1) is 11.6. The molecule has 0 bridgehead atoms. The molecule has 0 saturated carbocycles. The first-order valence-corrected chi connectivity index (χ1v) is 8.94. The van der Waals surface area contributed by atoms with E-state index >= 15 is 0 Å². The fraction of sp³-hybridized carbons (Fsp3) is 0.278. The van der Waals surface area contributed by atoms with Crippen molar-refractivity contribution < 1.29 is 0 Å².